The number of hydrogen-bond donors (Lipinski definition) is 0. The maximum Gasteiger partial charge on any atom is 0.0767 e. The third kappa shape index (κ3) is 5.78. The summed E-state index contributed by atoms with van der Waals surface area (Å²) in [5, 5.41) is 5.19. The number of aromatic nitrogens is 2. The van der Waals surface area contributed by atoms with Gasteiger partial charge in [0.05, 0.1) is 44.8 Å². The first-order valence-corrected chi connectivity index (χ1v) is 23.7. The van der Waals surface area contributed by atoms with Crippen LogP contribution in [0.3, 0.4) is 0 Å². The number of rotatable bonds is 6. The Balaban J connectivity index is 1.32. The molecule has 0 unspecified atom stereocenters. The molecule has 0 aliphatic carbocycles. The largest absolute Gasteiger partial charge is 0.308 e. The zero-order valence-electron chi connectivity index (χ0n) is 39.5. The third-order valence-corrected chi connectivity index (χ3v) is 14.7. The molecular weight excluding hydrogens is 813 g/mol. The summed E-state index contributed by atoms with van der Waals surface area (Å²) in [4.78, 5) is 5.06. The van der Waals surface area contributed by atoms with Crippen molar-refractivity contribution in [3.05, 3.63) is 225 Å². The summed E-state index contributed by atoms with van der Waals surface area (Å²) in [7, 11) is 0. The van der Waals surface area contributed by atoms with Crippen molar-refractivity contribution in [1.82, 2.24) is 9.13 Å². The van der Waals surface area contributed by atoms with E-state index in [1.165, 1.54) is 116 Å². The van der Waals surface area contributed by atoms with Crippen LogP contribution >= 0.6 is 0 Å². The van der Waals surface area contributed by atoms with E-state index in [1.54, 1.807) is 0 Å². The second kappa shape index (κ2) is 14.3. The van der Waals surface area contributed by atoms with Gasteiger partial charge in [-0.25, -0.2) is 0 Å². The van der Waals surface area contributed by atoms with Gasteiger partial charge < -0.3 is 18.9 Å². The SMILES string of the molecule is Cc1ccc(N(c2ccc(C)cc2)c2cc(N(c3ccc(C)cc3)c3ccc(C)cc3)c3c4c2-n2c5ccc(C)cc5c5cc(C)cc(c52)C4c2cc(C)cc4c5cc(C)ccc5n-3c24)cc1. The van der Waals surface area contributed by atoms with E-state index >= 15 is 0 Å². The van der Waals surface area contributed by atoms with Crippen molar-refractivity contribution in [2.75, 3.05) is 9.80 Å². The van der Waals surface area contributed by atoms with Crippen LogP contribution in [-0.2, 0) is 0 Å². The molecule has 4 heterocycles. The Morgan fingerprint density at radius 1 is 0.313 bits per heavy atom. The number of aryl methyl sites for hydroxylation is 8. The first kappa shape index (κ1) is 39.5. The van der Waals surface area contributed by atoms with Crippen LogP contribution in [0.25, 0.3) is 55.0 Å². The Morgan fingerprint density at radius 2 is 0.627 bits per heavy atom. The molecule has 0 N–H and O–H groups in total. The Labute approximate surface area is 392 Å². The lowest BCUT2D eigenvalue weighted by molar-refractivity contribution is 0.879. The van der Waals surface area contributed by atoms with Crippen molar-refractivity contribution >= 4 is 77.7 Å². The highest BCUT2D eigenvalue weighted by Crippen LogP contribution is 2.61. The number of nitrogens with zero attached hydrogens (tertiary/aromatic N) is 4. The fraction of sp³-hybridized carbons (Fsp3) is 0.143. The molecule has 11 aromatic rings. The molecule has 0 radical (unpaired) electrons. The zero-order chi connectivity index (χ0) is 45.6. The molecule has 2 aliphatic rings. The molecule has 0 saturated carbocycles. The van der Waals surface area contributed by atoms with Gasteiger partial charge in [0.1, 0.15) is 0 Å². The molecule has 2 aliphatic heterocycles. The minimum Gasteiger partial charge on any atom is -0.308 e. The molecule has 4 heteroatoms. The highest BCUT2D eigenvalue weighted by molar-refractivity contribution is 6.17. The lowest BCUT2D eigenvalue weighted by atomic mass is 9.76. The van der Waals surface area contributed by atoms with E-state index in [9.17, 15) is 0 Å². The van der Waals surface area contributed by atoms with Crippen molar-refractivity contribution in [3.8, 4) is 11.4 Å². The average Bonchev–Trinajstić information content (AvgIpc) is 3.80. The minimum atomic E-state index is -0.0694. The number of anilines is 6. The van der Waals surface area contributed by atoms with Gasteiger partial charge in [-0.15, -0.1) is 0 Å². The predicted molar refractivity (Wildman–Crippen MR) is 283 cm³/mol. The summed E-state index contributed by atoms with van der Waals surface area (Å²) in [6.07, 6.45) is 0. The monoisotopic (exact) mass is 864 g/mol. The lowest BCUT2D eigenvalue weighted by Crippen LogP contribution is -2.27. The normalized spacial score (nSPS) is 12.7. The van der Waals surface area contributed by atoms with Crippen LogP contribution in [0.4, 0.5) is 34.1 Å². The highest BCUT2D eigenvalue weighted by Gasteiger charge is 2.43. The smallest absolute Gasteiger partial charge is 0.0767 e. The van der Waals surface area contributed by atoms with Gasteiger partial charge in [-0.1, -0.05) is 117 Å². The van der Waals surface area contributed by atoms with Crippen LogP contribution in [0.2, 0.25) is 0 Å². The van der Waals surface area contributed by atoms with Crippen LogP contribution in [0.15, 0.2) is 164 Å². The lowest BCUT2D eigenvalue weighted by Gasteiger charge is -2.41. The van der Waals surface area contributed by atoms with Crippen LogP contribution in [0, 0.1) is 55.4 Å². The second-order valence-corrected chi connectivity index (χ2v) is 19.7. The summed E-state index contributed by atoms with van der Waals surface area (Å²) in [6, 6.07) is 62.9. The maximum atomic E-state index is 2.65. The fourth-order valence-corrected chi connectivity index (χ4v) is 11.6. The van der Waals surface area contributed by atoms with Gasteiger partial charge >= 0.3 is 0 Å². The molecule has 4 nitrogen and oxygen atoms in total. The van der Waals surface area contributed by atoms with E-state index in [0.717, 1.165) is 34.1 Å². The van der Waals surface area contributed by atoms with Crippen LogP contribution in [-0.4, -0.2) is 9.13 Å². The Kier molecular flexibility index (Phi) is 8.46. The molecule has 0 bridgehead atoms. The fourth-order valence-electron chi connectivity index (χ4n) is 11.6. The standard InChI is InChI=1S/C63H52N4/c1-36-9-19-44(20-10-36)64(45-21-11-37(2)12-22-45)56-35-57(65(46-23-13-38(3)14-24-46)47-25-15-39(4)16-26-47)63-59-58(53-34-43(8)32-51-49-30-41(6)18-28-55(49)67(63)61(51)53)52-33-42(7)31-50-48-29-40(5)17-27-54(48)66(60(50)52)62(56)59/h9-35,58H,1-8H3. The van der Waals surface area contributed by atoms with Gasteiger partial charge in [0.2, 0.25) is 0 Å². The molecular formula is C63H52N4. The molecule has 9 aromatic carbocycles. The van der Waals surface area contributed by atoms with Crippen molar-refractivity contribution in [2.45, 2.75) is 61.3 Å². The summed E-state index contributed by atoms with van der Waals surface area (Å²) >= 11 is 0. The molecule has 67 heavy (non-hydrogen) atoms. The van der Waals surface area contributed by atoms with E-state index in [1.807, 2.05) is 0 Å². The second-order valence-electron chi connectivity index (χ2n) is 19.7. The first-order valence-electron chi connectivity index (χ1n) is 23.7. The van der Waals surface area contributed by atoms with Crippen molar-refractivity contribution < 1.29 is 0 Å². The van der Waals surface area contributed by atoms with Gasteiger partial charge in [-0.05, 0) is 158 Å². The minimum absolute atomic E-state index is 0.0694. The van der Waals surface area contributed by atoms with Gasteiger partial charge in [0.15, 0.2) is 0 Å². The quantitative estimate of drug-likeness (QED) is 0.166. The van der Waals surface area contributed by atoms with Gasteiger partial charge in [-0.3, -0.25) is 0 Å². The maximum absolute atomic E-state index is 2.65. The van der Waals surface area contributed by atoms with Crippen LogP contribution in [0.5, 0.6) is 0 Å². The Morgan fingerprint density at radius 3 is 0.970 bits per heavy atom. The Bertz CT molecular complexity index is 3520. The molecule has 0 amide bonds. The van der Waals surface area contributed by atoms with Crippen molar-refractivity contribution in [3.63, 3.8) is 0 Å². The molecule has 0 spiro atoms. The third-order valence-electron chi connectivity index (χ3n) is 14.7. The van der Waals surface area contributed by atoms with E-state index in [-0.39, 0.29) is 5.92 Å². The number of hydrogen-bond acceptors (Lipinski definition) is 2. The van der Waals surface area contributed by atoms with Crippen molar-refractivity contribution in [2.24, 2.45) is 0 Å². The molecule has 324 valence electrons. The van der Waals surface area contributed by atoms with E-state index in [2.05, 4.69) is 238 Å². The van der Waals surface area contributed by atoms with E-state index in [4.69, 9.17) is 0 Å². The van der Waals surface area contributed by atoms with Gasteiger partial charge in [-0.2, -0.15) is 0 Å². The van der Waals surface area contributed by atoms with E-state index < -0.39 is 0 Å². The van der Waals surface area contributed by atoms with Crippen LogP contribution in [0.1, 0.15) is 67.1 Å². The molecule has 13 rings (SSSR count). The van der Waals surface area contributed by atoms with Crippen molar-refractivity contribution in [1.29, 1.82) is 0 Å². The molecule has 0 saturated heterocycles. The van der Waals surface area contributed by atoms with Crippen LogP contribution < -0.4 is 9.80 Å². The summed E-state index contributed by atoms with van der Waals surface area (Å²) < 4.78 is 5.30. The zero-order valence-corrected chi connectivity index (χ0v) is 39.5. The molecule has 0 atom stereocenters. The Hall–Kier alpha value is -7.82. The topological polar surface area (TPSA) is 16.3 Å². The molecule has 0 fully saturated rings. The number of fused-ring (bicyclic) bond motifs is 10. The van der Waals surface area contributed by atoms with Gasteiger partial charge in [0, 0.05) is 55.8 Å². The van der Waals surface area contributed by atoms with Gasteiger partial charge in [0.25, 0.3) is 0 Å². The predicted octanol–water partition coefficient (Wildman–Crippen LogP) is 17.1. The number of benzene rings is 9. The van der Waals surface area contributed by atoms with E-state index in [0.29, 0.717) is 0 Å². The summed E-state index contributed by atoms with van der Waals surface area (Å²) in [6.45, 7) is 17.7. The molecule has 2 aromatic heterocycles. The summed E-state index contributed by atoms with van der Waals surface area (Å²) in [5.41, 5.74) is 28.2. The highest BCUT2D eigenvalue weighted by atomic mass is 15.2. The average molecular weight is 865 g/mol. The first-order chi connectivity index (χ1) is 32.5. The summed E-state index contributed by atoms with van der Waals surface area (Å²) in [5.74, 6) is -0.0694.